The van der Waals surface area contributed by atoms with E-state index in [0.29, 0.717) is 34.0 Å². The molecule has 1 heterocycles. The average molecular weight is 457 g/mol. The molecule has 29 heavy (non-hydrogen) atoms. The van der Waals surface area contributed by atoms with E-state index in [2.05, 4.69) is 21.2 Å². The molecule has 3 aromatic carbocycles. The number of rotatable bonds is 4. The first-order chi connectivity index (χ1) is 14.0. The SMILES string of the molecule is COc1ccc(OC)c(C2Nc3ccc(Br)cc3C(=O)N2c2cccc(F)c2)c1. The number of hydrogen-bond donors (Lipinski definition) is 1. The molecule has 0 saturated heterocycles. The standard InChI is InChI=1S/C22H18BrFN2O3/c1-28-16-7-9-20(29-2)18(12-16)21-25-19-8-6-13(23)10-17(19)22(27)26(21)15-5-3-4-14(24)11-15/h3-12,21,25H,1-2H3. The number of fused-ring (bicyclic) bond motifs is 1. The van der Waals surface area contributed by atoms with Gasteiger partial charge in [0, 0.05) is 21.4 Å². The lowest BCUT2D eigenvalue weighted by Gasteiger charge is -2.38. The second-order valence-corrected chi connectivity index (χ2v) is 7.42. The highest BCUT2D eigenvalue weighted by Gasteiger charge is 2.36. The molecule has 1 atom stereocenters. The molecule has 7 heteroatoms. The molecule has 1 amide bonds. The van der Waals surface area contributed by atoms with E-state index < -0.39 is 12.0 Å². The summed E-state index contributed by atoms with van der Waals surface area (Å²) in [5.74, 6) is 0.529. The van der Waals surface area contributed by atoms with Crippen LogP contribution >= 0.6 is 15.9 Å². The summed E-state index contributed by atoms with van der Waals surface area (Å²) < 4.78 is 25.7. The molecule has 0 saturated carbocycles. The molecule has 4 rings (SSSR count). The Labute approximate surface area is 176 Å². The zero-order valence-corrected chi connectivity index (χ0v) is 17.4. The third-order valence-corrected chi connectivity index (χ3v) is 5.29. The van der Waals surface area contributed by atoms with Gasteiger partial charge in [0.25, 0.3) is 5.91 Å². The fourth-order valence-corrected chi connectivity index (χ4v) is 3.80. The van der Waals surface area contributed by atoms with E-state index in [9.17, 15) is 9.18 Å². The minimum Gasteiger partial charge on any atom is -0.497 e. The Morgan fingerprint density at radius 1 is 1.03 bits per heavy atom. The number of nitrogens with zero attached hydrogens (tertiary/aromatic N) is 1. The van der Waals surface area contributed by atoms with Gasteiger partial charge in [-0.15, -0.1) is 0 Å². The molecule has 0 aliphatic carbocycles. The second kappa shape index (κ2) is 7.75. The molecule has 0 radical (unpaired) electrons. The number of methoxy groups -OCH3 is 2. The summed E-state index contributed by atoms with van der Waals surface area (Å²) in [5, 5.41) is 3.39. The molecule has 0 spiro atoms. The number of amides is 1. The highest BCUT2D eigenvalue weighted by molar-refractivity contribution is 9.10. The Morgan fingerprint density at radius 3 is 2.59 bits per heavy atom. The molecule has 0 aromatic heterocycles. The monoisotopic (exact) mass is 456 g/mol. The fourth-order valence-electron chi connectivity index (χ4n) is 3.44. The number of halogens is 2. The molecular weight excluding hydrogens is 439 g/mol. The Bertz CT molecular complexity index is 1090. The smallest absolute Gasteiger partial charge is 0.262 e. The molecule has 0 bridgehead atoms. The van der Waals surface area contributed by atoms with Crippen LogP contribution in [0.1, 0.15) is 22.1 Å². The van der Waals surface area contributed by atoms with Crippen LogP contribution in [0.3, 0.4) is 0 Å². The molecule has 3 aromatic rings. The zero-order valence-electron chi connectivity index (χ0n) is 15.8. The number of ether oxygens (including phenoxy) is 2. The van der Waals surface area contributed by atoms with Crippen molar-refractivity contribution < 1.29 is 18.7 Å². The third-order valence-electron chi connectivity index (χ3n) is 4.80. The quantitative estimate of drug-likeness (QED) is 0.572. The van der Waals surface area contributed by atoms with Gasteiger partial charge in [0.2, 0.25) is 0 Å². The van der Waals surface area contributed by atoms with Gasteiger partial charge in [-0.3, -0.25) is 9.69 Å². The Kier molecular flexibility index (Phi) is 5.15. The maximum absolute atomic E-state index is 14.0. The van der Waals surface area contributed by atoms with Crippen LogP contribution in [0.25, 0.3) is 0 Å². The molecule has 1 aliphatic heterocycles. The highest BCUT2D eigenvalue weighted by Crippen LogP contribution is 2.41. The van der Waals surface area contributed by atoms with Crippen molar-refractivity contribution in [2.75, 3.05) is 24.4 Å². The van der Waals surface area contributed by atoms with Gasteiger partial charge >= 0.3 is 0 Å². The van der Waals surface area contributed by atoms with Gasteiger partial charge in [-0.25, -0.2) is 4.39 Å². The van der Waals surface area contributed by atoms with E-state index in [4.69, 9.17) is 9.47 Å². The van der Waals surface area contributed by atoms with Gasteiger partial charge < -0.3 is 14.8 Å². The summed E-state index contributed by atoms with van der Waals surface area (Å²) in [6, 6.07) is 16.8. The van der Waals surface area contributed by atoms with Crippen molar-refractivity contribution in [3.63, 3.8) is 0 Å². The van der Waals surface area contributed by atoms with Gasteiger partial charge in [-0.1, -0.05) is 22.0 Å². The maximum atomic E-state index is 14.0. The van der Waals surface area contributed by atoms with E-state index in [1.165, 1.54) is 17.0 Å². The molecule has 1 unspecified atom stereocenters. The van der Waals surface area contributed by atoms with E-state index in [1.807, 2.05) is 12.1 Å². The summed E-state index contributed by atoms with van der Waals surface area (Å²) in [4.78, 5) is 15.0. The lowest BCUT2D eigenvalue weighted by Crippen LogP contribution is -2.43. The van der Waals surface area contributed by atoms with Gasteiger partial charge in [0.15, 0.2) is 0 Å². The van der Waals surface area contributed by atoms with Crippen molar-refractivity contribution in [1.29, 1.82) is 0 Å². The van der Waals surface area contributed by atoms with Gasteiger partial charge in [0.1, 0.15) is 23.5 Å². The molecule has 1 N–H and O–H groups in total. The van der Waals surface area contributed by atoms with Crippen LogP contribution in [0, 0.1) is 5.82 Å². The van der Waals surface area contributed by atoms with Crippen LogP contribution in [-0.2, 0) is 0 Å². The predicted octanol–water partition coefficient (Wildman–Crippen LogP) is 5.38. The first kappa shape index (κ1) is 19.3. The number of hydrogen-bond acceptors (Lipinski definition) is 4. The van der Waals surface area contributed by atoms with Crippen molar-refractivity contribution in [1.82, 2.24) is 0 Å². The van der Waals surface area contributed by atoms with E-state index in [0.717, 1.165) is 4.47 Å². The van der Waals surface area contributed by atoms with E-state index in [-0.39, 0.29) is 5.91 Å². The molecule has 1 aliphatic rings. The Hall–Kier alpha value is -3.06. The van der Waals surface area contributed by atoms with Gasteiger partial charge in [0.05, 0.1) is 19.8 Å². The van der Waals surface area contributed by atoms with Crippen molar-refractivity contribution in [3.8, 4) is 11.5 Å². The van der Waals surface area contributed by atoms with Crippen LogP contribution < -0.4 is 19.7 Å². The van der Waals surface area contributed by atoms with Crippen LogP contribution in [0.15, 0.2) is 65.1 Å². The summed E-state index contributed by atoms with van der Waals surface area (Å²) in [6.07, 6.45) is -0.622. The first-order valence-corrected chi connectivity index (χ1v) is 9.68. The molecule has 5 nitrogen and oxygen atoms in total. The van der Waals surface area contributed by atoms with Crippen molar-refractivity contribution in [3.05, 3.63) is 82.1 Å². The van der Waals surface area contributed by atoms with Crippen molar-refractivity contribution in [2.45, 2.75) is 6.17 Å². The summed E-state index contributed by atoms with van der Waals surface area (Å²) in [5.41, 5.74) is 2.29. The van der Waals surface area contributed by atoms with Crippen molar-refractivity contribution in [2.24, 2.45) is 0 Å². The zero-order chi connectivity index (χ0) is 20.5. The number of anilines is 2. The largest absolute Gasteiger partial charge is 0.497 e. The fraction of sp³-hybridized carbons (Fsp3) is 0.136. The van der Waals surface area contributed by atoms with Gasteiger partial charge in [-0.05, 0) is 54.6 Å². The van der Waals surface area contributed by atoms with Crippen LogP contribution in [-0.4, -0.2) is 20.1 Å². The predicted molar refractivity (Wildman–Crippen MR) is 113 cm³/mol. The number of carbonyl (C=O) groups is 1. The van der Waals surface area contributed by atoms with E-state index >= 15 is 0 Å². The summed E-state index contributed by atoms with van der Waals surface area (Å²) in [7, 11) is 3.13. The maximum Gasteiger partial charge on any atom is 0.262 e. The minimum absolute atomic E-state index is 0.250. The number of carbonyl (C=O) groups excluding carboxylic acids is 1. The van der Waals surface area contributed by atoms with Gasteiger partial charge in [-0.2, -0.15) is 0 Å². The molecule has 148 valence electrons. The van der Waals surface area contributed by atoms with Crippen molar-refractivity contribution >= 4 is 33.2 Å². The highest BCUT2D eigenvalue weighted by atomic mass is 79.9. The molecular formula is C22H18BrFN2O3. The lowest BCUT2D eigenvalue weighted by atomic mass is 10.0. The normalized spacial score (nSPS) is 15.5. The summed E-state index contributed by atoms with van der Waals surface area (Å²) >= 11 is 3.41. The summed E-state index contributed by atoms with van der Waals surface area (Å²) in [6.45, 7) is 0. The minimum atomic E-state index is -0.622. The Balaban J connectivity index is 1.93. The molecule has 0 fully saturated rings. The second-order valence-electron chi connectivity index (χ2n) is 6.50. The third kappa shape index (κ3) is 3.53. The average Bonchev–Trinajstić information content (AvgIpc) is 2.73. The van der Waals surface area contributed by atoms with Crippen LogP contribution in [0.5, 0.6) is 11.5 Å². The van der Waals surface area contributed by atoms with Crippen LogP contribution in [0.4, 0.5) is 15.8 Å². The first-order valence-electron chi connectivity index (χ1n) is 8.89. The van der Waals surface area contributed by atoms with E-state index in [1.54, 1.807) is 50.6 Å². The van der Waals surface area contributed by atoms with Crippen LogP contribution in [0.2, 0.25) is 0 Å². The lowest BCUT2D eigenvalue weighted by molar-refractivity contribution is 0.0974. The number of benzene rings is 3. The Morgan fingerprint density at radius 2 is 1.86 bits per heavy atom. The number of nitrogens with one attached hydrogen (secondary N) is 1. The topological polar surface area (TPSA) is 50.8 Å².